The van der Waals surface area contributed by atoms with Gasteiger partial charge in [0.05, 0.1) is 13.2 Å². The van der Waals surface area contributed by atoms with Crippen LogP contribution in [0.4, 0.5) is 0 Å². The number of amides is 1. The van der Waals surface area contributed by atoms with Crippen molar-refractivity contribution in [2.45, 2.75) is 58.2 Å². The van der Waals surface area contributed by atoms with Crippen molar-refractivity contribution in [3.8, 4) is 0 Å². The maximum Gasteiger partial charge on any atom is 0.322 e. The maximum absolute atomic E-state index is 11.8. The van der Waals surface area contributed by atoms with Crippen molar-refractivity contribution in [1.82, 2.24) is 10.6 Å². The molecule has 2 N–H and O–H groups in total. The largest absolute Gasteiger partial charge is 0.468 e. The van der Waals surface area contributed by atoms with Crippen molar-refractivity contribution in [3.05, 3.63) is 0 Å². The van der Waals surface area contributed by atoms with Crippen LogP contribution in [-0.2, 0) is 14.3 Å². The molecule has 2 unspecified atom stereocenters. The highest BCUT2D eigenvalue weighted by atomic mass is 16.5. The van der Waals surface area contributed by atoms with Gasteiger partial charge in [-0.2, -0.15) is 0 Å². The molecule has 0 saturated heterocycles. The molecule has 1 aliphatic rings. The van der Waals surface area contributed by atoms with E-state index >= 15 is 0 Å². The molecule has 0 radical (unpaired) electrons. The second-order valence-electron chi connectivity index (χ2n) is 5.38. The Bertz CT molecular complexity index is 301. The Balaban J connectivity index is 2.46. The predicted molar refractivity (Wildman–Crippen MR) is 69.0 cm³/mol. The first-order chi connectivity index (χ1) is 8.43. The smallest absolute Gasteiger partial charge is 0.322 e. The minimum Gasteiger partial charge on any atom is -0.468 e. The summed E-state index contributed by atoms with van der Waals surface area (Å²) >= 11 is 0. The molecule has 0 bridgehead atoms. The van der Waals surface area contributed by atoms with E-state index in [1.807, 2.05) is 13.8 Å². The van der Waals surface area contributed by atoms with Crippen LogP contribution in [0.5, 0.6) is 0 Å². The van der Waals surface area contributed by atoms with Gasteiger partial charge in [0.2, 0.25) is 5.91 Å². The third-order valence-corrected chi connectivity index (χ3v) is 2.96. The zero-order chi connectivity index (χ0) is 13.7. The summed E-state index contributed by atoms with van der Waals surface area (Å²) in [5.74, 6) is 0.00484. The number of methoxy groups -OCH3 is 1. The molecule has 1 fully saturated rings. The van der Waals surface area contributed by atoms with Crippen LogP contribution < -0.4 is 10.6 Å². The molecule has 5 heteroatoms. The topological polar surface area (TPSA) is 67.4 Å². The molecule has 0 heterocycles. The first-order valence-electron chi connectivity index (χ1n) is 6.58. The zero-order valence-corrected chi connectivity index (χ0v) is 11.7. The van der Waals surface area contributed by atoms with Crippen LogP contribution in [-0.4, -0.2) is 37.1 Å². The molecule has 0 spiro atoms. The van der Waals surface area contributed by atoms with E-state index in [1.165, 1.54) is 7.11 Å². The first-order valence-corrected chi connectivity index (χ1v) is 6.58. The average Bonchev–Trinajstić information content (AvgIpc) is 3.10. The van der Waals surface area contributed by atoms with Gasteiger partial charge in [-0.3, -0.25) is 14.9 Å². The lowest BCUT2D eigenvalue weighted by molar-refractivity contribution is -0.144. The first kappa shape index (κ1) is 15.0. The van der Waals surface area contributed by atoms with E-state index in [9.17, 15) is 9.59 Å². The zero-order valence-electron chi connectivity index (χ0n) is 11.7. The molecule has 1 amide bonds. The second kappa shape index (κ2) is 6.73. The predicted octanol–water partition coefficient (Wildman–Crippen LogP) is 0.831. The molecule has 0 aromatic rings. The maximum atomic E-state index is 11.8. The van der Waals surface area contributed by atoms with Gasteiger partial charge in [-0.1, -0.05) is 13.8 Å². The van der Waals surface area contributed by atoms with E-state index in [0.717, 1.165) is 12.8 Å². The van der Waals surface area contributed by atoms with Crippen LogP contribution in [0, 0.1) is 5.92 Å². The Labute approximate surface area is 109 Å². The molecule has 1 rings (SSSR count). The number of carbonyl (C=O) groups is 2. The molecule has 0 aromatic carbocycles. The van der Waals surface area contributed by atoms with Gasteiger partial charge in [-0.05, 0) is 32.1 Å². The van der Waals surface area contributed by atoms with Crippen molar-refractivity contribution >= 4 is 11.9 Å². The summed E-state index contributed by atoms with van der Waals surface area (Å²) < 4.78 is 4.75. The third kappa shape index (κ3) is 5.04. The summed E-state index contributed by atoms with van der Waals surface area (Å²) in [6, 6.07) is -0.466. The molecule has 104 valence electrons. The summed E-state index contributed by atoms with van der Waals surface area (Å²) in [5, 5.41) is 5.96. The lowest BCUT2D eigenvalue weighted by atomic mass is 10.0. The van der Waals surface area contributed by atoms with Crippen LogP contribution in [0.25, 0.3) is 0 Å². The highest BCUT2D eigenvalue weighted by Gasteiger charge is 2.28. The quantitative estimate of drug-likeness (QED) is 0.662. The Kier molecular flexibility index (Phi) is 5.59. The van der Waals surface area contributed by atoms with E-state index < -0.39 is 6.04 Å². The van der Waals surface area contributed by atoms with Gasteiger partial charge in [-0.25, -0.2) is 0 Å². The molecule has 2 atom stereocenters. The van der Waals surface area contributed by atoms with Crippen LogP contribution in [0.2, 0.25) is 0 Å². The number of rotatable bonds is 7. The van der Waals surface area contributed by atoms with Crippen LogP contribution in [0.3, 0.4) is 0 Å². The molecule has 18 heavy (non-hydrogen) atoms. The Hall–Kier alpha value is -1.10. The molecule has 1 saturated carbocycles. The minimum atomic E-state index is -0.421. The van der Waals surface area contributed by atoms with E-state index in [1.54, 1.807) is 6.92 Å². The number of nitrogens with one attached hydrogen (secondary N) is 2. The van der Waals surface area contributed by atoms with E-state index in [2.05, 4.69) is 10.6 Å². The molecule has 0 aromatic heterocycles. The number of hydrogen-bond donors (Lipinski definition) is 2. The number of hydrogen-bond acceptors (Lipinski definition) is 4. The number of ether oxygens (including phenoxy) is 1. The summed E-state index contributed by atoms with van der Waals surface area (Å²) in [4.78, 5) is 23.4. The standard InChI is InChI=1S/C13H24N2O3/c1-8(2)7-11(13(17)18-4)14-9(3)12(16)15-10-5-6-10/h8-11,14H,5-7H2,1-4H3,(H,15,16). The van der Waals surface area contributed by atoms with Gasteiger partial charge >= 0.3 is 5.97 Å². The summed E-state index contributed by atoms with van der Waals surface area (Å²) in [6.07, 6.45) is 2.78. The molecule has 5 nitrogen and oxygen atoms in total. The Morgan fingerprint density at radius 2 is 1.89 bits per heavy atom. The van der Waals surface area contributed by atoms with Gasteiger partial charge in [0.15, 0.2) is 0 Å². The number of esters is 1. The second-order valence-corrected chi connectivity index (χ2v) is 5.38. The minimum absolute atomic E-state index is 0.0461. The van der Waals surface area contributed by atoms with Crippen molar-refractivity contribution in [3.63, 3.8) is 0 Å². The van der Waals surface area contributed by atoms with Crippen LogP contribution in [0.1, 0.15) is 40.0 Å². The summed E-state index contributed by atoms with van der Waals surface area (Å²) in [7, 11) is 1.37. The van der Waals surface area contributed by atoms with Gasteiger partial charge in [0, 0.05) is 6.04 Å². The van der Waals surface area contributed by atoms with Crippen molar-refractivity contribution in [1.29, 1.82) is 0 Å². The third-order valence-electron chi connectivity index (χ3n) is 2.96. The fraction of sp³-hybridized carbons (Fsp3) is 0.846. The van der Waals surface area contributed by atoms with Crippen molar-refractivity contribution in [2.24, 2.45) is 5.92 Å². The van der Waals surface area contributed by atoms with E-state index in [0.29, 0.717) is 18.4 Å². The summed E-state index contributed by atoms with van der Waals surface area (Å²) in [6.45, 7) is 5.84. The van der Waals surface area contributed by atoms with Gasteiger partial charge in [0.1, 0.15) is 6.04 Å². The van der Waals surface area contributed by atoms with E-state index in [-0.39, 0.29) is 17.9 Å². The average molecular weight is 256 g/mol. The molecule has 0 aliphatic heterocycles. The molecular formula is C13H24N2O3. The van der Waals surface area contributed by atoms with Gasteiger partial charge in [-0.15, -0.1) is 0 Å². The van der Waals surface area contributed by atoms with Gasteiger partial charge < -0.3 is 10.1 Å². The number of carbonyl (C=O) groups excluding carboxylic acids is 2. The normalized spacial score (nSPS) is 18.3. The molecule has 1 aliphatic carbocycles. The van der Waals surface area contributed by atoms with Gasteiger partial charge in [0.25, 0.3) is 0 Å². The SMILES string of the molecule is COC(=O)C(CC(C)C)NC(C)C(=O)NC1CC1. The lowest BCUT2D eigenvalue weighted by Crippen LogP contribution is -2.50. The van der Waals surface area contributed by atoms with Crippen LogP contribution >= 0.6 is 0 Å². The fourth-order valence-electron chi connectivity index (χ4n) is 1.78. The van der Waals surface area contributed by atoms with Crippen molar-refractivity contribution in [2.75, 3.05) is 7.11 Å². The Morgan fingerprint density at radius 1 is 1.28 bits per heavy atom. The van der Waals surface area contributed by atoms with Crippen LogP contribution in [0.15, 0.2) is 0 Å². The van der Waals surface area contributed by atoms with Crippen molar-refractivity contribution < 1.29 is 14.3 Å². The Morgan fingerprint density at radius 3 is 2.33 bits per heavy atom. The highest BCUT2D eigenvalue weighted by Crippen LogP contribution is 2.18. The monoisotopic (exact) mass is 256 g/mol. The van der Waals surface area contributed by atoms with E-state index in [4.69, 9.17) is 4.74 Å². The lowest BCUT2D eigenvalue weighted by Gasteiger charge is -2.22. The highest BCUT2D eigenvalue weighted by molar-refractivity contribution is 5.83. The molecular weight excluding hydrogens is 232 g/mol. The fourth-order valence-corrected chi connectivity index (χ4v) is 1.78. The summed E-state index contributed by atoms with van der Waals surface area (Å²) in [5.41, 5.74) is 0.